The largest absolute Gasteiger partial charge is 0.465 e. The number of benzene rings is 2. The van der Waals surface area contributed by atoms with E-state index in [2.05, 4.69) is 4.74 Å². The summed E-state index contributed by atoms with van der Waals surface area (Å²) in [6, 6.07) is 12.4. The fourth-order valence-corrected chi connectivity index (χ4v) is 1.94. The predicted molar refractivity (Wildman–Crippen MR) is 72.7 cm³/mol. The molecular weight excluding hydrogens is 293 g/mol. The van der Waals surface area contributed by atoms with Crippen molar-refractivity contribution in [3.8, 4) is 0 Å². The highest BCUT2D eigenvalue weighted by Crippen LogP contribution is 2.32. The monoisotopic (exact) mass is 305 g/mol. The molecule has 0 spiro atoms. The van der Waals surface area contributed by atoms with Gasteiger partial charge in [-0.1, -0.05) is 34.5 Å². The van der Waals surface area contributed by atoms with Crippen LogP contribution in [0, 0.1) is 5.82 Å². The molecule has 0 bridgehead atoms. The molecule has 1 unspecified atom stereocenters. The number of halogens is 1. The first kappa shape index (κ1) is 14.5. The number of rotatable bonds is 3. The van der Waals surface area contributed by atoms with Crippen LogP contribution in [0.15, 0.2) is 48.5 Å². The number of hydrogen-bond acceptors (Lipinski definition) is 6. The van der Waals surface area contributed by atoms with E-state index in [4.69, 9.17) is 14.7 Å². The standard InChI is InChI=1S/C15H12FNO5/c1-19-14(18)10-5-4-6-11(9-10)17-20-15(21-22-17)12-7-2-3-8-13(12)16/h2-9,15H,1H3. The third-order valence-corrected chi connectivity index (χ3v) is 3.03. The van der Waals surface area contributed by atoms with Crippen LogP contribution < -0.4 is 5.23 Å². The molecule has 2 aromatic rings. The molecule has 0 amide bonds. The van der Waals surface area contributed by atoms with Crippen molar-refractivity contribution >= 4 is 11.7 Å². The topological polar surface area (TPSA) is 57.2 Å². The van der Waals surface area contributed by atoms with Crippen LogP contribution in [0.3, 0.4) is 0 Å². The Kier molecular flexibility index (Phi) is 4.01. The van der Waals surface area contributed by atoms with Gasteiger partial charge in [-0.05, 0) is 24.3 Å². The lowest BCUT2D eigenvalue weighted by molar-refractivity contribution is -0.286. The van der Waals surface area contributed by atoms with E-state index in [0.29, 0.717) is 11.3 Å². The van der Waals surface area contributed by atoms with Crippen molar-refractivity contribution in [3.05, 3.63) is 65.5 Å². The lowest BCUT2D eigenvalue weighted by Gasteiger charge is -2.12. The zero-order valence-corrected chi connectivity index (χ0v) is 11.6. The molecule has 22 heavy (non-hydrogen) atoms. The number of anilines is 1. The molecule has 114 valence electrons. The van der Waals surface area contributed by atoms with Gasteiger partial charge in [-0.3, -0.25) is 0 Å². The van der Waals surface area contributed by atoms with Crippen molar-refractivity contribution in [1.82, 2.24) is 0 Å². The summed E-state index contributed by atoms with van der Waals surface area (Å²) in [5.41, 5.74) is 0.928. The molecule has 3 rings (SSSR count). The summed E-state index contributed by atoms with van der Waals surface area (Å²) in [6.45, 7) is 0. The average Bonchev–Trinajstić information content (AvgIpc) is 3.04. The van der Waals surface area contributed by atoms with E-state index in [0.717, 1.165) is 5.23 Å². The third kappa shape index (κ3) is 2.77. The first-order valence-electron chi connectivity index (χ1n) is 6.42. The van der Waals surface area contributed by atoms with Gasteiger partial charge < -0.3 is 4.74 Å². The summed E-state index contributed by atoms with van der Waals surface area (Å²) in [6.07, 6.45) is -1.04. The fraction of sp³-hybridized carbons (Fsp3) is 0.133. The predicted octanol–water partition coefficient (Wildman–Crippen LogP) is 2.93. The Bertz CT molecular complexity index is 693. The van der Waals surface area contributed by atoms with Gasteiger partial charge in [0.05, 0.1) is 18.4 Å². The molecule has 0 radical (unpaired) electrons. The maximum atomic E-state index is 13.7. The number of nitrogens with zero attached hydrogens (tertiary/aromatic N) is 1. The van der Waals surface area contributed by atoms with Gasteiger partial charge in [0.2, 0.25) is 6.29 Å². The first-order valence-corrected chi connectivity index (χ1v) is 6.42. The summed E-state index contributed by atoms with van der Waals surface area (Å²) in [5, 5.41) is 0.962. The summed E-state index contributed by atoms with van der Waals surface area (Å²) in [7, 11) is 1.29. The first-order chi connectivity index (χ1) is 10.7. The van der Waals surface area contributed by atoms with Gasteiger partial charge in [0.15, 0.2) is 0 Å². The smallest absolute Gasteiger partial charge is 0.337 e. The summed E-state index contributed by atoms with van der Waals surface area (Å²) < 4.78 is 18.3. The number of esters is 1. The minimum absolute atomic E-state index is 0.203. The fourth-order valence-electron chi connectivity index (χ4n) is 1.94. The van der Waals surface area contributed by atoms with Gasteiger partial charge in [-0.15, -0.1) is 0 Å². The maximum Gasteiger partial charge on any atom is 0.337 e. The van der Waals surface area contributed by atoms with E-state index in [9.17, 15) is 9.18 Å². The van der Waals surface area contributed by atoms with Crippen molar-refractivity contribution < 1.29 is 28.6 Å². The average molecular weight is 305 g/mol. The summed E-state index contributed by atoms with van der Waals surface area (Å²) >= 11 is 0. The molecule has 0 saturated carbocycles. The van der Waals surface area contributed by atoms with Crippen LogP contribution in [0.25, 0.3) is 0 Å². The minimum atomic E-state index is -1.04. The Morgan fingerprint density at radius 2 is 2.05 bits per heavy atom. The van der Waals surface area contributed by atoms with Crippen LogP contribution in [0.1, 0.15) is 22.2 Å². The second-order valence-corrected chi connectivity index (χ2v) is 4.43. The number of carbonyl (C=O) groups excluding carboxylic acids is 1. The third-order valence-electron chi connectivity index (χ3n) is 3.03. The van der Waals surface area contributed by atoms with E-state index >= 15 is 0 Å². The maximum absolute atomic E-state index is 13.7. The van der Waals surface area contributed by atoms with Gasteiger partial charge in [0.1, 0.15) is 5.82 Å². The highest BCUT2D eigenvalue weighted by Gasteiger charge is 2.31. The molecule has 1 fully saturated rings. The molecule has 1 atom stereocenters. The highest BCUT2D eigenvalue weighted by molar-refractivity contribution is 5.90. The van der Waals surface area contributed by atoms with Gasteiger partial charge >= 0.3 is 5.97 Å². The second kappa shape index (κ2) is 6.10. The van der Waals surface area contributed by atoms with Crippen LogP contribution in [-0.4, -0.2) is 13.1 Å². The van der Waals surface area contributed by atoms with E-state index in [-0.39, 0.29) is 5.56 Å². The number of carbonyl (C=O) groups is 1. The molecule has 0 aliphatic carbocycles. The number of methoxy groups -OCH3 is 1. The van der Waals surface area contributed by atoms with Gasteiger partial charge in [0.25, 0.3) is 0 Å². The van der Waals surface area contributed by atoms with Gasteiger partial charge in [-0.25, -0.2) is 14.0 Å². The van der Waals surface area contributed by atoms with E-state index in [1.54, 1.807) is 30.3 Å². The molecule has 7 heteroatoms. The number of ether oxygens (including phenoxy) is 1. The zero-order chi connectivity index (χ0) is 15.5. The molecule has 0 N–H and O–H groups in total. The highest BCUT2D eigenvalue weighted by atomic mass is 19.1. The van der Waals surface area contributed by atoms with Crippen LogP contribution in [-0.2, 0) is 19.5 Å². The van der Waals surface area contributed by atoms with Crippen molar-refractivity contribution in [3.63, 3.8) is 0 Å². The van der Waals surface area contributed by atoms with Crippen molar-refractivity contribution in [2.45, 2.75) is 6.29 Å². The SMILES string of the molecule is COC(=O)c1cccc(N2OOC(c3ccccc3F)O2)c1. The summed E-state index contributed by atoms with van der Waals surface area (Å²) in [4.78, 5) is 26.8. The zero-order valence-electron chi connectivity index (χ0n) is 11.6. The Balaban J connectivity index is 1.78. The van der Waals surface area contributed by atoms with Crippen molar-refractivity contribution in [2.75, 3.05) is 12.3 Å². The van der Waals surface area contributed by atoms with Gasteiger partial charge in [-0.2, -0.15) is 4.89 Å². The van der Waals surface area contributed by atoms with Crippen LogP contribution in [0.5, 0.6) is 0 Å². The molecule has 6 nitrogen and oxygen atoms in total. The normalized spacial score (nSPS) is 17.5. The molecular formula is C15H12FNO5. The lowest BCUT2D eigenvalue weighted by atomic mass is 10.2. The minimum Gasteiger partial charge on any atom is -0.465 e. The van der Waals surface area contributed by atoms with E-state index < -0.39 is 18.1 Å². The summed E-state index contributed by atoms with van der Waals surface area (Å²) in [5.74, 6) is -0.964. The molecule has 1 aliphatic heterocycles. The van der Waals surface area contributed by atoms with Crippen LogP contribution in [0.2, 0.25) is 0 Å². The van der Waals surface area contributed by atoms with Gasteiger partial charge in [0, 0.05) is 5.56 Å². The lowest BCUT2D eigenvalue weighted by Crippen LogP contribution is -2.16. The molecule has 1 heterocycles. The Hall–Kier alpha value is -2.48. The molecule has 1 saturated heterocycles. The van der Waals surface area contributed by atoms with Crippen molar-refractivity contribution in [1.29, 1.82) is 0 Å². The molecule has 0 aromatic heterocycles. The molecule has 2 aromatic carbocycles. The second-order valence-electron chi connectivity index (χ2n) is 4.43. The Morgan fingerprint density at radius 3 is 2.82 bits per heavy atom. The Labute approximate surface area is 125 Å². The van der Waals surface area contributed by atoms with Crippen molar-refractivity contribution in [2.24, 2.45) is 0 Å². The number of hydrogen-bond donors (Lipinski definition) is 0. The molecule has 1 aliphatic rings. The Morgan fingerprint density at radius 1 is 1.23 bits per heavy atom. The van der Waals surface area contributed by atoms with E-state index in [1.165, 1.54) is 25.3 Å². The van der Waals surface area contributed by atoms with E-state index in [1.807, 2.05) is 0 Å². The van der Waals surface area contributed by atoms with Crippen LogP contribution >= 0.6 is 0 Å². The van der Waals surface area contributed by atoms with Crippen LogP contribution in [0.4, 0.5) is 10.1 Å². The quantitative estimate of drug-likeness (QED) is 0.642.